The van der Waals surface area contributed by atoms with E-state index >= 15 is 0 Å². The Balaban J connectivity index is 1.48. The molecule has 0 N–H and O–H groups in total. The van der Waals surface area contributed by atoms with Crippen LogP contribution in [0.1, 0.15) is 27.4 Å². The van der Waals surface area contributed by atoms with Gasteiger partial charge >= 0.3 is 0 Å². The highest BCUT2D eigenvalue weighted by atomic mass is 35.5. The van der Waals surface area contributed by atoms with Crippen LogP contribution in [0.2, 0.25) is 5.02 Å². The molecule has 144 valence electrons. The molecule has 0 bridgehead atoms. The van der Waals surface area contributed by atoms with Crippen molar-refractivity contribution in [3.63, 3.8) is 0 Å². The second-order valence-corrected chi connectivity index (χ2v) is 7.30. The number of allylic oxidation sites excluding steroid dienone is 1. The highest BCUT2D eigenvalue weighted by Gasteiger charge is 2.11. The van der Waals surface area contributed by atoms with Crippen LogP contribution in [0, 0.1) is 13.8 Å². The van der Waals surface area contributed by atoms with Crippen molar-refractivity contribution in [2.75, 3.05) is 0 Å². The predicted molar refractivity (Wildman–Crippen MR) is 116 cm³/mol. The molecule has 4 rings (SSSR count). The fraction of sp³-hybridized carbons (Fsp3) is 0.0800. The molecule has 0 saturated heterocycles. The molecule has 2 aromatic carbocycles. The average molecular weight is 403 g/mol. The van der Waals surface area contributed by atoms with Crippen molar-refractivity contribution in [2.24, 2.45) is 0 Å². The third-order valence-corrected chi connectivity index (χ3v) is 5.07. The molecule has 3 nitrogen and oxygen atoms in total. The highest BCUT2D eigenvalue weighted by Crippen LogP contribution is 2.27. The van der Waals surface area contributed by atoms with Crippen molar-refractivity contribution in [3.8, 4) is 22.6 Å². The van der Waals surface area contributed by atoms with E-state index in [4.69, 9.17) is 20.4 Å². The number of aryl methyl sites for hydroxylation is 2. The van der Waals surface area contributed by atoms with Gasteiger partial charge in [-0.1, -0.05) is 53.6 Å². The summed E-state index contributed by atoms with van der Waals surface area (Å²) in [5.41, 5.74) is 4.01. The SMILES string of the molecule is Cc1ccc(-c2ccc(/C=C/C(=O)c3ccc(-c4ccc(C)c(Cl)c4)o3)o2)cc1. The van der Waals surface area contributed by atoms with Crippen LogP contribution in [0.15, 0.2) is 81.6 Å². The fourth-order valence-electron chi connectivity index (χ4n) is 2.93. The van der Waals surface area contributed by atoms with Crippen LogP contribution in [0.5, 0.6) is 0 Å². The molecule has 0 unspecified atom stereocenters. The van der Waals surface area contributed by atoms with Gasteiger partial charge in [-0.05, 0) is 61.9 Å². The molecule has 2 heterocycles. The number of halogens is 1. The number of carbonyl (C=O) groups excluding carboxylic acids is 1. The van der Waals surface area contributed by atoms with Gasteiger partial charge in [0.2, 0.25) is 5.78 Å². The summed E-state index contributed by atoms with van der Waals surface area (Å²) >= 11 is 6.17. The standard InChI is InChI=1S/C25H19ClO3/c1-16-3-6-18(7-4-16)23-12-10-20(28-23)9-11-22(27)25-14-13-24(29-25)19-8-5-17(2)21(26)15-19/h3-15H,1-2H3/b11-9+. The first-order valence-corrected chi connectivity index (χ1v) is 9.63. The minimum absolute atomic E-state index is 0.234. The number of rotatable bonds is 5. The Labute approximate surface area is 174 Å². The number of furan rings is 2. The lowest BCUT2D eigenvalue weighted by atomic mass is 10.1. The monoisotopic (exact) mass is 402 g/mol. The molecule has 0 saturated carbocycles. The molecule has 0 fully saturated rings. The van der Waals surface area contributed by atoms with Crippen LogP contribution in [-0.4, -0.2) is 5.78 Å². The van der Waals surface area contributed by atoms with Gasteiger partial charge in [-0.25, -0.2) is 0 Å². The van der Waals surface area contributed by atoms with E-state index in [-0.39, 0.29) is 11.5 Å². The van der Waals surface area contributed by atoms with Crippen molar-refractivity contribution < 1.29 is 13.6 Å². The van der Waals surface area contributed by atoms with Crippen LogP contribution in [0.4, 0.5) is 0 Å². The molecule has 4 heteroatoms. The van der Waals surface area contributed by atoms with Crippen LogP contribution < -0.4 is 0 Å². The summed E-state index contributed by atoms with van der Waals surface area (Å²) in [4.78, 5) is 12.4. The third kappa shape index (κ3) is 4.25. The quantitative estimate of drug-likeness (QED) is 0.258. The maximum Gasteiger partial charge on any atom is 0.221 e. The van der Waals surface area contributed by atoms with Gasteiger partial charge < -0.3 is 8.83 Å². The second kappa shape index (κ2) is 7.98. The van der Waals surface area contributed by atoms with Crippen molar-refractivity contribution in [2.45, 2.75) is 13.8 Å². The smallest absolute Gasteiger partial charge is 0.221 e. The normalized spacial score (nSPS) is 11.3. The first-order chi connectivity index (χ1) is 14.0. The third-order valence-electron chi connectivity index (χ3n) is 4.67. The minimum atomic E-state index is -0.234. The van der Waals surface area contributed by atoms with E-state index in [1.165, 1.54) is 11.6 Å². The fourth-order valence-corrected chi connectivity index (χ4v) is 3.11. The lowest BCUT2D eigenvalue weighted by Gasteiger charge is -2.00. The summed E-state index contributed by atoms with van der Waals surface area (Å²) in [6.45, 7) is 3.98. The molecule has 4 aromatic rings. The largest absolute Gasteiger partial charge is 0.457 e. The molecule has 0 spiro atoms. The van der Waals surface area contributed by atoms with Gasteiger partial charge in [0, 0.05) is 16.1 Å². The summed E-state index contributed by atoms with van der Waals surface area (Å²) in [7, 11) is 0. The van der Waals surface area contributed by atoms with Crippen LogP contribution >= 0.6 is 11.6 Å². The molecule has 0 atom stereocenters. The van der Waals surface area contributed by atoms with E-state index in [1.54, 1.807) is 18.2 Å². The topological polar surface area (TPSA) is 43.4 Å². The zero-order valence-electron chi connectivity index (χ0n) is 16.1. The summed E-state index contributed by atoms with van der Waals surface area (Å²) in [5.74, 6) is 1.99. The first-order valence-electron chi connectivity index (χ1n) is 9.25. The molecule has 0 radical (unpaired) electrons. The van der Waals surface area contributed by atoms with E-state index in [9.17, 15) is 4.79 Å². The van der Waals surface area contributed by atoms with Gasteiger partial charge in [0.05, 0.1) is 0 Å². The zero-order valence-corrected chi connectivity index (χ0v) is 16.9. The predicted octanol–water partition coefficient (Wildman–Crippen LogP) is 7.37. The number of hydrogen-bond acceptors (Lipinski definition) is 3. The molecular weight excluding hydrogens is 384 g/mol. The molecule has 29 heavy (non-hydrogen) atoms. The van der Waals surface area contributed by atoms with E-state index < -0.39 is 0 Å². The summed E-state index contributed by atoms with van der Waals surface area (Å²) in [6, 6.07) is 20.9. The molecule has 0 aliphatic heterocycles. The van der Waals surface area contributed by atoms with Crippen molar-refractivity contribution in [1.29, 1.82) is 0 Å². The molecule has 0 aliphatic carbocycles. The van der Waals surface area contributed by atoms with Crippen LogP contribution in [0.3, 0.4) is 0 Å². The van der Waals surface area contributed by atoms with Crippen molar-refractivity contribution >= 4 is 23.5 Å². The Morgan fingerprint density at radius 1 is 0.828 bits per heavy atom. The van der Waals surface area contributed by atoms with Crippen LogP contribution in [0.25, 0.3) is 28.7 Å². The number of ketones is 1. The molecular formula is C25H19ClO3. The summed E-state index contributed by atoms with van der Waals surface area (Å²) in [6.07, 6.45) is 3.09. The lowest BCUT2D eigenvalue weighted by molar-refractivity contribution is 0.102. The summed E-state index contributed by atoms with van der Waals surface area (Å²) in [5, 5.41) is 0.661. The lowest BCUT2D eigenvalue weighted by Crippen LogP contribution is -1.90. The van der Waals surface area contributed by atoms with Gasteiger partial charge in [0.1, 0.15) is 17.3 Å². The Bertz CT molecular complexity index is 1190. The van der Waals surface area contributed by atoms with Crippen LogP contribution in [-0.2, 0) is 0 Å². The van der Waals surface area contributed by atoms with Crippen molar-refractivity contribution in [1.82, 2.24) is 0 Å². The molecule has 0 aliphatic rings. The Kier molecular flexibility index (Phi) is 5.24. The van der Waals surface area contributed by atoms with E-state index in [0.29, 0.717) is 16.5 Å². The van der Waals surface area contributed by atoms with E-state index in [2.05, 4.69) is 0 Å². The average Bonchev–Trinajstić information content (AvgIpc) is 3.39. The Morgan fingerprint density at radius 3 is 2.28 bits per heavy atom. The van der Waals surface area contributed by atoms with E-state index in [1.807, 2.05) is 68.4 Å². The number of hydrogen-bond donors (Lipinski definition) is 0. The van der Waals surface area contributed by atoms with Gasteiger partial charge in [-0.2, -0.15) is 0 Å². The highest BCUT2D eigenvalue weighted by molar-refractivity contribution is 6.31. The second-order valence-electron chi connectivity index (χ2n) is 6.89. The maximum absolute atomic E-state index is 12.4. The Hall–Kier alpha value is -3.30. The molecule has 0 amide bonds. The number of benzene rings is 2. The summed E-state index contributed by atoms with van der Waals surface area (Å²) < 4.78 is 11.5. The molecule has 2 aromatic heterocycles. The zero-order chi connectivity index (χ0) is 20.4. The first kappa shape index (κ1) is 19.0. The van der Waals surface area contributed by atoms with E-state index in [0.717, 1.165) is 22.5 Å². The van der Waals surface area contributed by atoms with Crippen molar-refractivity contribution in [3.05, 3.63) is 100 Å². The maximum atomic E-state index is 12.4. The number of carbonyl (C=O) groups is 1. The van der Waals surface area contributed by atoms with Gasteiger partial charge in [-0.3, -0.25) is 4.79 Å². The van der Waals surface area contributed by atoms with Gasteiger partial charge in [-0.15, -0.1) is 0 Å². The Morgan fingerprint density at radius 2 is 1.52 bits per heavy atom. The van der Waals surface area contributed by atoms with Gasteiger partial charge in [0.15, 0.2) is 5.76 Å². The van der Waals surface area contributed by atoms with Gasteiger partial charge in [0.25, 0.3) is 0 Å². The minimum Gasteiger partial charge on any atom is -0.457 e.